The second kappa shape index (κ2) is 9.36. The molecule has 9 heteroatoms. The maximum Gasteiger partial charge on any atom is 0.325 e. The third kappa shape index (κ3) is 4.98. The molecule has 168 valence electrons. The van der Waals surface area contributed by atoms with Crippen LogP contribution in [0.15, 0.2) is 24.3 Å². The van der Waals surface area contributed by atoms with E-state index in [1.807, 2.05) is 0 Å². The maximum absolute atomic E-state index is 13.0. The van der Waals surface area contributed by atoms with Gasteiger partial charge in [0.25, 0.3) is 5.91 Å². The Morgan fingerprint density at radius 2 is 2.00 bits per heavy atom. The van der Waals surface area contributed by atoms with Crippen LogP contribution in [-0.2, 0) is 14.4 Å². The Bertz CT molecular complexity index is 863. The molecular weight excluding hydrogens is 400 g/mol. The van der Waals surface area contributed by atoms with Crippen LogP contribution in [0.1, 0.15) is 39.5 Å². The van der Waals surface area contributed by atoms with E-state index in [0.717, 1.165) is 17.7 Å². The Labute approximate surface area is 182 Å². The number of anilines is 1. The summed E-state index contributed by atoms with van der Waals surface area (Å²) in [5.74, 6) is -0.0449. The van der Waals surface area contributed by atoms with Gasteiger partial charge in [0.1, 0.15) is 17.8 Å². The van der Waals surface area contributed by atoms with Gasteiger partial charge >= 0.3 is 6.03 Å². The van der Waals surface area contributed by atoms with Gasteiger partial charge in [-0.15, -0.1) is 0 Å². The first kappa shape index (κ1) is 22.6. The first-order valence-electron chi connectivity index (χ1n) is 10.6. The highest BCUT2D eigenvalue weighted by Crippen LogP contribution is 2.36. The number of benzene rings is 1. The molecule has 0 aromatic heterocycles. The number of hydrogen-bond donors (Lipinski definition) is 2. The minimum absolute atomic E-state index is 0.182. The average Bonchev–Trinajstić information content (AvgIpc) is 2.98. The normalized spacial score (nSPS) is 22.9. The Balaban J connectivity index is 1.59. The van der Waals surface area contributed by atoms with Crippen molar-refractivity contribution in [3.8, 4) is 5.75 Å². The summed E-state index contributed by atoms with van der Waals surface area (Å²) in [7, 11) is 1.53. The van der Waals surface area contributed by atoms with Crippen molar-refractivity contribution >= 4 is 29.4 Å². The van der Waals surface area contributed by atoms with Gasteiger partial charge in [-0.2, -0.15) is 0 Å². The summed E-state index contributed by atoms with van der Waals surface area (Å²) in [6.07, 6.45) is 2.90. The van der Waals surface area contributed by atoms with Crippen LogP contribution >= 0.6 is 0 Å². The van der Waals surface area contributed by atoms with Gasteiger partial charge in [0.15, 0.2) is 0 Å². The fourth-order valence-corrected chi connectivity index (χ4v) is 4.10. The van der Waals surface area contributed by atoms with E-state index in [-0.39, 0.29) is 31.4 Å². The minimum atomic E-state index is -0.884. The van der Waals surface area contributed by atoms with Gasteiger partial charge in [-0.1, -0.05) is 13.0 Å². The zero-order valence-electron chi connectivity index (χ0n) is 18.3. The molecule has 1 spiro atoms. The lowest BCUT2D eigenvalue weighted by atomic mass is 9.77. The van der Waals surface area contributed by atoms with Crippen LogP contribution in [0.2, 0.25) is 0 Å². The number of nitrogens with one attached hydrogen (secondary N) is 2. The van der Waals surface area contributed by atoms with E-state index >= 15 is 0 Å². The predicted octanol–water partition coefficient (Wildman–Crippen LogP) is 1.98. The van der Waals surface area contributed by atoms with Gasteiger partial charge in [-0.05, 0) is 50.7 Å². The Hall–Kier alpha value is -3.10. The Kier molecular flexibility index (Phi) is 6.82. The van der Waals surface area contributed by atoms with Gasteiger partial charge in [0.2, 0.25) is 11.8 Å². The van der Waals surface area contributed by atoms with Crippen LogP contribution < -0.4 is 15.4 Å². The first-order valence-corrected chi connectivity index (χ1v) is 10.6. The molecule has 2 N–H and O–H groups in total. The molecule has 0 atom stereocenters. The molecule has 2 aliphatic rings. The van der Waals surface area contributed by atoms with Crippen LogP contribution in [0.5, 0.6) is 5.75 Å². The second-order valence-electron chi connectivity index (χ2n) is 8.27. The van der Waals surface area contributed by atoms with Gasteiger partial charge in [-0.25, -0.2) is 4.79 Å². The van der Waals surface area contributed by atoms with Gasteiger partial charge in [0, 0.05) is 18.3 Å². The molecule has 1 aromatic carbocycles. The molecule has 0 radical (unpaired) electrons. The Morgan fingerprint density at radius 1 is 1.29 bits per heavy atom. The minimum Gasteiger partial charge on any atom is -0.497 e. The molecular formula is C22H30N4O5. The van der Waals surface area contributed by atoms with Crippen molar-refractivity contribution in [3.05, 3.63) is 24.3 Å². The number of nitrogens with zero attached hydrogens (tertiary/aromatic N) is 2. The predicted molar refractivity (Wildman–Crippen MR) is 114 cm³/mol. The number of likely N-dealkylation sites (N-methyl/N-ethyl adjacent to an activating group) is 1. The lowest BCUT2D eigenvalue weighted by Crippen LogP contribution is -2.50. The third-order valence-electron chi connectivity index (χ3n) is 6.09. The average molecular weight is 431 g/mol. The zero-order valence-corrected chi connectivity index (χ0v) is 18.3. The second-order valence-corrected chi connectivity index (χ2v) is 8.27. The molecule has 5 amide bonds. The number of methoxy groups -OCH3 is 1. The monoisotopic (exact) mass is 430 g/mol. The summed E-state index contributed by atoms with van der Waals surface area (Å²) in [6.45, 7) is 3.59. The third-order valence-corrected chi connectivity index (χ3v) is 6.09. The van der Waals surface area contributed by atoms with E-state index in [4.69, 9.17) is 4.74 Å². The summed E-state index contributed by atoms with van der Waals surface area (Å²) >= 11 is 0. The molecule has 1 aliphatic carbocycles. The molecule has 1 saturated carbocycles. The molecule has 3 rings (SSSR count). The first-order chi connectivity index (χ1) is 14.8. The van der Waals surface area contributed by atoms with Crippen molar-refractivity contribution in [1.29, 1.82) is 0 Å². The number of ether oxygens (including phenoxy) is 1. The molecule has 1 saturated heterocycles. The van der Waals surface area contributed by atoms with E-state index in [1.54, 1.807) is 31.2 Å². The molecule has 1 aromatic rings. The van der Waals surface area contributed by atoms with Crippen LogP contribution in [0.25, 0.3) is 0 Å². The quantitative estimate of drug-likeness (QED) is 0.643. The molecule has 0 unspecified atom stereocenters. The molecule has 9 nitrogen and oxygen atoms in total. The van der Waals surface area contributed by atoms with Crippen LogP contribution in [0.3, 0.4) is 0 Å². The van der Waals surface area contributed by atoms with E-state index in [2.05, 4.69) is 17.6 Å². The number of carbonyl (C=O) groups is 4. The number of imide groups is 1. The van der Waals surface area contributed by atoms with Crippen molar-refractivity contribution in [2.75, 3.05) is 32.1 Å². The summed E-state index contributed by atoms with van der Waals surface area (Å²) in [5, 5.41) is 5.54. The highest BCUT2D eigenvalue weighted by Gasteiger charge is 2.52. The lowest BCUT2D eigenvalue weighted by Gasteiger charge is -2.33. The van der Waals surface area contributed by atoms with E-state index < -0.39 is 17.5 Å². The highest BCUT2D eigenvalue weighted by molar-refractivity contribution is 6.09. The van der Waals surface area contributed by atoms with Crippen molar-refractivity contribution < 1.29 is 23.9 Å². The van der Waals surface area contributed by atoms with E-state index in [1.165, 1.54) is 12.0 Å². The largest absolute Gasteiger partial charge is 0.497 e. The number of hydrogen-bond acceptors (Lipinski definition) is 5. The highest BCUT2D eigenvalue weighted by atomic mass is 16.5. The summed E-state index contributed by atoms with van der Waals surface area (Å²) in [5.41, 5.74) is -0.333. The molecule has 2 fully saturated rings. The number of rotatable bonds is 7. The molecule has 31 heavy (non-hydrogen) atoms. The summed E-state index contributed by atoms with van der Waals surface area (Å²) in [4.78, 5) is 52.9. The van der Waals surface area contributed by atoms with E-state index in [0.29, 0.717) is 30.2 Å². The smallest absolute Gasteiger partial charge is 0.325 e. The SMILES string of the molecule is CCN(CC(=O)Nc1cccc(OC)c1)C(=O)CN1C(=O)NC2(CCC(C)CC2)C1=O. The zero-order chi connectivity index (χ0) is 22.6. The summed E-state index contributed by atoms with van der Waals surface area (Å²) < 4.78 is 5.13. The van der Waals surface area contributed by atoms with Crippen molar-refractivity contribution in [1.82, 2.24) is 15.1 Å². The van der Waals surface area contributed by atoms with Crippen LogP contribution in [0, 0.1) is 5.92 Å². The van der Waals surface area contributed by atoms with Crippen molar-refractivity contribution in [2.45, 2.75) is 45.1 Å². The topological polar surface area (TPSA) is 108 Å². The fourth-order valence-electron chi connectivity index (χ4n) is 4.10. The number of urea groups is 1. The van der Waals surface area contributed by atoms with Crippen molar-refractivity contribution in [2.24, 2.45) is 5.92 Å². The van der Waals surface area contributed by atoms with Crippen molar-refractivity contribution in [3.63, 3.8) is 0 Å². The standard InChI is InChI=1S/C22H30N4O5/c1-4-25(13-18(27)23-16-6-5-7-17(12-16)31-3)19(28)14-26-20(29)22(24-21(26)30)10-8-15(2)9-11-22/h5-7,12,15H,4,8-11,13-14H2,1-3H3,(H,23,27)(H,24,30). The molecule has 1 heterocycles. The molecule has 0 bridgehead atoms. The fraction of sp³-hybridized carbons (Fsp3) is 0.545. The lowest BCUT2D eigenvalue weighted by molar-refractivity contribution is -0.140. The van der Waals surface area contributed by atoms with Gasteiger partial charge < -0.3 is 20.3 Å². The summed E-state index contributed by atoms with van der Waals surface area (Å²) in [6, 6.07) is 6.36. The van der Waals surface area contributed by atoms with E-state index in [9.17, 15) is 19.2 Å². The maximum atomic E-state index is 13.0. The molecule has 1 aliphatic heterocycles. The van der Waals surface area contributed by atoms with Gasteiger partial charge in [-0.3, -0.25) is 19.3 Å². The number of amides is 5. The number of carbonyl (C=O) groups excluding carboxylic acids is 4. The van der Waals surface area contributed by atoms with Crippen LogP contribution in [0.4, 0.5) is 10.5 Å². The Morgan fingerprint density at radius 3 is 2.65 bits per heavy atom. The van der Waals surface area contributed by atoms with Crippen LogP contribution in [-0.4, -0.2) is 65.8 Å². The van der Waals surface area contributed by atoms with Gasteiger partial charge in [0.05, 0.1) is 13.7 Å².